The van der Waals surface area contributed by atoms with Gasteiger partial charge in [0, 0.05) is 10.7 Å². The van der Waals surface area contributed by atoms with Gasteiger partial charge in [-0.05, 0) is 62.3 Å². The molecule has 0 aliphatic heterocycles. The lowest BCUT2D eigenvalue weighted by Crippen LogP contribution is -2.24. The van der Waals surface area contributed by atoms with Gasteiger partial charge in [-0.1, -0.05) is 13.3 Å². The Balaban J connectivity index is 2.24. The van der Waals surface area contributed by atoms with E-state index in [2.05, 4.69) is 6.92 Å². The van der Waals surface area contributed by atoms with Crippen LogP contribution in [-0.4, -0.2) is 14.5 Å². The predicted octanol–water partition coefficient (Wildman–Crippen LogP) is 4.19. The Morgan fingerprint density at radius 2 is 1.90 bits per heavy atom. The van der Waals surface area contributed by atoms with Crippen molar-refractivity contribution in [3.63, 3.8) is 0 Å². The average molecular weight is 317 g/mol. The first-order valence-electron chi connectivity index (χ1n) is 7.00. The highest BCUT2D eigenvalue weighted by Gasteiger charge is 2.22. The third-order valence-electron chi connectivity index (χ3n) is 4.13. The molecule has 0 saturated heterocycles. The van der Waals surface area contributed by atoms with E-state index >= 15 is 0 Å². The largest absolute Gasteiger partial charge is 0.490 e. The van der Waals surface area contributed by atoms with Gasteiger partial charge in [-0.25, -0.2) is 8.42 Å². The molecule has 1 saturated carbocycles. The summed E-state index contributed by atoms with van der Waals surface area (Å²) in [6, 6.07) is 3.25. The number of rotatable bonds is 3. The molecule has 1 fully saturated rings. The van der Waals surface area contributed by atoms with Crippen LogP contribution in [0, 0.1) is 19.8 Å². The second kappa shape index (κ2) is 5.94. The lowest BCUT2D eigenvalue weighted by Gasteiger charge is -2.28. The van der Waals surface area contributed by atoms with E-state index in [1.54, 1.807) is 13.0 Å². The van der Waals surface area contributed by atoms with Crippen molar-refractivity contribution in [2.75, 3.05) is 0 Å². The molecule has 3 nitrogen and oxygen atoms in total. The van der Waals surface area contributed by atoms with Gasteiger partial charge >= 0.3 is 0 Å². The topological polar surface area (TPSA) is 43.4 Å². The molecule has 0 spiro atoms. The van der Waals surface area contributed by atoms with Gasteiger partial charge in [-0.2, -0.15) is 0 Å². The van der Waals surface area contributed by atoms with Gasteiger partial charge in [0.2, 0.25) is 0 Å². The fraction of sp³-hybridized carbons (Fsp3) is 0.600. The second-order valence-electron chi connectivity index (χ2n) is 5.76. The van der Waals surface area contributed by atoms with E-state index in [-0.39, 0.29) is 11.0 Å². The summed E-state index contributed by atoms with van der Waals surface area (Å²) in [6.07, 6.45) is 4.82. The van der Waals surface area contributed by atoms with E-state index in [4.69, 9.17) is 15.4 Å². The molecule has 0 N–H and O–H groups in total. The number of hydrogen-bond donors (Lipinski definition) is 0. The average Bonchev–Trinajstić information content (AvgIpc) is 2.33. The summed E-state index contributed by atoms with van der Waals surface area (Å²) in [5, 5.41) is 0. The van der Waals surface area contributed by atoms with Gasteiger partial charge in [0.15, 0.2) is 0 Å². The van der Waals surface area contributed by atoms with E-state index < -0.39 is 9.05 Å². The molecule has 2 unspecified atom stereocenters. The first-order chi connectivity index (χ1) is 9.29. The lowest BCUT2D eigenvalue weighted by atomic mass is 9.88. The van der Waals surface area contributed by atoms with E-state index in [1.165, 1.54) is 18.9 Å². The van der Waals surface area contributed by atoms with Crippen molar-refractivity contribution in [2.45, 2.75) is 57.5 Å². The number of hydrogen-bond acceptors (Lipinski definition) is 3. The zero-order valence-electron chi connectivity index (χ0n) is 12.1. The highest BCUT2D eigenvalue weighted by molar-refractivity contribution is 8.13. The Hall–Kier alpha value is -0.740. The smallest absolute Gasteiger partial charge is 0.261 e. The minimum Gasteiger partial charge on any atom is -0.490 e. The molecule has 1 aromatic carbocycles. The molecule has 0 radical (unpaired) electrons. The number of halogens is 1. The highest BCUT2D eigenvalue weighted by atomic mass is 35.7. The minimum atomic E-state index is -3.70. The molecule has 0 amide bonds. The van der Waals surface area contributed by atoms with Crippen molar-refractivity contribution in [1.82, 2.24) is 0 Å². The Morgan fingerprint density at radius 3 is 2.50 bits per heavy atom. The Morgan fingerprint density at radius 1 is 1.20 bits per heavy atom. The van der Waals surface area contributed by atoms with Crippen molar-refractivity contribution < 1.29 is 13.2 Å². The van der Waals surface area contributed by atoms with E-state index in [1.807, 2.05) is 6.92 Å². The summed E-state index contributed by atoms with van der Waals surface area (Å²) in [4.78, 5) is 0.168. The van der Waals surface area contributed by atoms with Crippen LogP contribution < -0.4 is 4.74 Å². The normalized spacial score (nSPS) is 23.6. The first kappa shape index (κ1) is 15.6. The van der Waals surface area contributed by atoms with Crippen molar-refractivity contribution in [3.8, 4) is 5.75 Å². The summed E-state index contributed by atoms with van der Waals surface area (Å²) in [5.41, 5.74) is 1.52. The second-order valence-corrected chi connectivity index (χ2v) is 8.30. The fourth-order valence-corrected chi connectivity index (χ4v) is 4.08. The fourth-order valence-electron chi connectivity index (χ4n) is 2.83. The molecule has 112 valence electrons. The van der Waals surface area contributed by atoms with Crippen LogP contribution in [0.5, 0.6) is 5.75 Å². The standard InChI is InChI=1S/C15H21ClO3S/c1-10-5-4-6-13(9-10)19-14-7-8-15(20(16,17)18)12(3)11(14)2/h7-8,10,13H,4-6,9H2,1-3H3. The van der Waals surface area contributed by atoms with Crippen molar-refractivity contribution in [1.29, 1.82) is 0 Å². The molecule has 5 heteroatoms. The summed E-state index contributed by atoms with van der Waals surface area (Å²) >= 11 is 0. The van der Waals surface area contributed by atoms with Gasteiger partial charge in [0.25, 0.3) is 9.05 Å². The molecular weight excluding hydrogens is 296 g/mol. The Labute approximate surface area is 125 Å². The number of benzene rings is 1. The zero-order valence-corrected chi connectivity index (χ0v) is 13.7. The quantitative estimate of drug-likeness (QED) is 0.785. The van der Waals surface area contributed by atoms with Crippen LogP contribution >= 0.6 is 10.7 Å². The maximum atomic E-state index is 11.5. The molecule has 1 aliphatic rings. The molecule has 0 bridgehead atoms. The van der Waals surface area contributed by atoms with E-state index in [0.717, 1.165) is 24.2 Å². The van der Waals surface area contributed by atoms with Gasteiger partial charge in [0.1, 0.15) is 5.75 Å². The maximum absolute atomic E-state index is 11.5. The van der Waals surface area contributed by atoms with Crippen molar-refractivity contribution >= 4 is 19.7 Å². The molecule has 20 heavy (non-hydrogen) atoms. The van der Waals surface area contributed by atoms with Crippen LogP contribution in [0.4, 0.5) is 0 Å². The molecule has 0 heterocycles. The predicted molar refractivity (Wildman–Crippen MR) is 81.0 cm³/mol. The monoisotopic (exact) mass is 316 g/mol. The third kappa shape index (κ3) is 3.47. The van der Waals surface area contributed by atoms with E-state index in [0.29, 0.717) is 11.5 Å². The number of ether oxygens (including phenoxy) is 1. The van der Waals surface area contributed by atoms with Crippen LogP contribution in [0.25, 0.3) is 0 Å². The van der Waals surface area contributed by atoms with Gasteiger partial charge in [-0.3, -0.25) is 0 Å². The molecule has 1 aromatic rings. The molecule has 1 aliphatic carbocycles. The summed E-state index contributed by atoms with van der Waals surface area (Å²) < 4.78 is 29.0. The summed E-state index contributed by atoms with van der Waals surface area (Å²) in [5.74, 6) is 1.46. The SMILES string of the molecule is Cc1c(OC2CCCC(C)C2)ccc(S(=O)(=O)Cl)c1C. The molecule has 2 rings (SSSR count). The van der Waals surface area contributed by atoms with Crippen LogP contribution in [0.1, 0.15) is 43.7 Å². The Bertz CT molecular complexity index is 595. The van der Waals surface area contributed by atoms with Crippen LogP contribution in [0.3, 0.4) is 0 Å². The van der Waals surface area contributed by atoms with Crippen molar-refractivity contribution in [3.05, 3.63) is 23.3 Å². The summed E-state index contributed by atoms with van der Waals surface area (Å²) in [7, 11) is 1.73. The van der Waals surface area contributed by atoms with Gasteiger partial charge < -0.3 is 4.74 Å². The third-order valence-corrected chi connectivity index (χ3v) is 5.60. The van der Waals surface area contributed by atoms with E-state index in [9.17, 15) is 8.42 Å². The lowest BCUT2D eigenvalue weighted by molar-refractivity contribution is 0.128. The summed E-state index contributed by atoms with van der Waals surface area (Å²) in [6.45, 7) is 5.89. The highest BCUT2D eigenvalue weighted by Crippen LogP contribution is 2.32. The Kier molecular flexibility index (Phi) is 4.65. The van der Waals surface area contributed by atoms with Gasteiger partial charge in [-0.15, -0.1) is 0 Å². The van der Waals surface area contributed by atoms with Gasteiger partial charge in [0.05, 0.1) is 11.0 Å². The molecule has 0 aromatic heterocycles. The first-order valence-corrected chi connectivity index (χ1v) is 9.31. The van der Waals surface area contributed by atoms with Crippen LogP contribution in [0.2, 0.25) is 0 Å². The van der Waals surface area contributed by atoms with Crippen molar-refractivity contribution in [2.24, 2.45) is 5.92 Å². The molecular formula is C15H21ClO3S. The van der Waals surface area contributed by atoms with Crippen LogP contribution in [0.15, 0.2) is 17.0 Å². The maximum Gasteiger partial charge on any atom is 0.261 e. The zero-order chi connectivity index (χ0) is 14.9. The minimum absolute atomic E-state index is 0.168. The molecule has 2 atom stereocenters. The van der Waals surface area contributed by atoms with Crippen LogP contribution in [-0.2, 0) is 9.05 Å².